The van der Waals surface area contributed by atoms with Gasteiger partial charge in [0.25, 0.3) is 0 Å². The molecule has 5 nitrogen and oxygen atoms in total. The van der Waals surface area contributed by atoms with E-state index in [4.69, 9.17) is 9.72 Å². The Morgan fingerprint density at radius 3 is 3.16 bits per heavy atom. The molecule has 1 unspecified atom stereocenters. The predicted octanol–water partition coefficient (Wildman–Crippen LogP) is 0.422. The first-order valence-corrected chi connectivity index (χ1v) is 7.36. The fraction of sp³-hybridized carbons (Fsp3) is 0.786. The largest absolute Gasteiger partial charge is 0.374 e. The minimum atomic E-state index is 0.303. The highest BCUT2D eigenvalue weighted by atomic mass is 16.5. The Kier molecular flexibility index (Phi) is 3.86. The third-order valence-corrected chi connectivity index (χ3v) is 4.11. The lowest BCUT2D eigenvalue weighted by molar-refractivity contribution is -0.0281. The monoisotopic (exact) mass is 264 g/mol. The Morgan fingerprint density at radius 2 is 2.37 bits per heavy atom. The molecule has 2 aliphatic rings. The summed E-state index contributed by atoms with van der Waals surface area (Å²) < 4.78 is 8.32. The molecule has 3 rings (SSSR count). The number of aryl methyl sites for hydroxylation is 1. The standard InChI is InChI=1S/C14H24N4O/c1-3-14-16-12-8-15-5-4-13(12)18(14)10-11-9-17(2)6-7-19-11/h11,15H,3-10H2,1-2H3. The summed E-state index contributed by atoms with van der Waals surface area (Å²) >= 11 is 0. The molecule has 1 N–H and O–H groups in total. The van der Waals surface area contributed by atoms with Crippen LogP contribution in [0.2, 0.25) is 0 Å². The Bertz CT molecular complexity index is 443. The summed E-state index contributed by atoms with van der Waals surface area (Å²) in [5, 5.41) is 3.40. The van der Waals surface area contributed by atoms with E-state index >= 15 is 0 Å². The lowest BCUT2D eigenvalue weighted by atomic mass is 10.1. The van der Waals surface area contributed by atoms with Gasteiger partial charge in [0.15, 0.2) is 0 Å². The molecule has 1 saturated heterocycles. The van der Waals surface area contributed by atoms with Crippen LogP contribution in [0, 0.1) is 0 Å². The van der Waals surface area contributed by atoms with Crippen molar-refractivity contribution >= 4 is 0 Å². The van der Waals surface area contributed by atoms with Gasteiger partial charge in [0.2, 0.25) is 0 Å². The maximum absolute atomic E-state index is 5.91. The van der Waals surface area contributed by atoms with Crippen molar-refractivity contribution in [1.82, 2.24) is 19.8 Å². The molecule has 0 saturated carbocycles. The molecule has 2 aliphatic heterocycles. The van der Waals surface area contributed by atoms with Crippen LogP contribution in [0.5, 0.6) is 0 Å². The van der Waals surface area contributed by atoms with Crippen LogP contribution in [0.3, 0.4) is 0 Å². The van der Waals surface area contributed by atoms with Crippen LogP contribution < -0.4 is 5.32 Å². The highest BCUT2D eigenvalue weighted by Crippen LogP contribution is 2.18. The SMILES string of the molecule is CCc1nc2c(n1CC1CN(C)CCO1)CCNC2. The van der Waals surface area contributed by atoms with Crippen LogP contribution in [0.4, 0.5) is 0 Å². The summed E-state index contributed by atoms with van der Waals surface area (Å²) in [6, 6.07) is 0. The molecule has 1 fully saturated rings. The van der Waals surface area contributed by atoms with Crippen LogP contribution in [-0.4, -0.2) is 53.8 Å². The van der Waals surface area contributed by atoms with Crippen LogP contribution in [0.1, 0.15) is 24.1 Å². The molecule has 0 bridgehead atoms. The first kappa shape index (κ1) is 13.1. The highest BCUT2D eigenvalue weighted by molar-refractivity contribution is 5.20. The zero-order valence-corrected chi connectivity index (χ0v) is 12.0. The molecule has 0 aliphatic carbocycles. The smallest absolute Gasteiger partial charge is 0.109 e. The van der Waals surface area contributed by atoms with E-state index in [1.807, 2.05) is 0 Å². The number of ether oxygens (including phenoxy) is 1. The maximum atomic E-state index is 5.91. The number of aromatic nitrogens is 2. The first-order valence-electron chi connectivity index (χ1n) is 7.36. The van der Waals surface area contributed by atoms with Crippen molar-refractivity contribution in [3.05, 3.63) is 17.2 Å². The minimum absolute atomic E-state index is 0.303. The summed E-state index contributed by atoms with van der Waals surface area (Å²) in [6.07, 6.45) is 2.39. The molecule has 3 heterocycles. The van der Waals surface area contributed by atoms with Crippen LogP contribution in [0.15, 0.2) is 0 Å². The van der Waals surface area contributed by atoms with Gasteiger partial charge in [-0.15, -0.1) is 0 Å². The second-order valence-corrected chi connectivity index (χ2v) is 5.57. The van der Waals surface area contributed by atoms with Gasteiger partial charge in [-0.1, -0.05) is 6.92 Å². The molecule has 19 heavy (non-hydrogen) atoms. The second-order valence-electron chi connectivity index (χ2n) is 5.57. The van der Waals surface area contributed by atoms with Crippen molar-refractivity contribution < 1.29 is 4.74 Å². The summed E-state index contributed by atoms with van der Waals surface area (Å²) in [6.45, 7) is 8.04. The minimum Gasteiger partial charge on any atom is -0.374 e. The van der Waals surface area contributed by atoms with Crippen molar-refractivity contribution in [3.8, 4) is 0 Å². The fourth-order valence-corrected chi connectivity index (χ4v) is 3.09. The first-order chi connectivity index (χ1) is 9.28. The molecule has 5 heteroatoms. The summed E-state index contributed by atoms with van der Waals surface area (Å²) in [5.41, 5.74) is 2.67. The van der Waals surface area contributed by atoms with Crippen molar-refractivity contribution in [2.45, 2.75) is 39.0 Å². The Balaban J connectivity index is 1.80. The van der Waals surface area contributed by atoms with E-state index in [-0.39, 0.29) is 0 Å². The van der Waals surface area contributed by atoms with E-state index in [9.17, 15) is 0 Å². The van der Waals surface area contributed by atoms with E-state index in [0.29, 0.717) is 6.10 Å². The van der Waals surface area contributed by atoms with E-state index in [2.05, 4.69) is 28.8 Å². The van der Waals surface area contributed by atoms with E-state index in [0.717, 1.165) is 52.2 Å². The number of imidazole rings is 1. The Labute approximate surface area is 114 Å². The quantitative estimate of drug-likeness (QED) is 0.859. The third-order valence-electron chi connectivity index (χ3n) is 4.11. The number of nitrogens with one attached hydrogen (secondary N) is 1. The summed E-state index contributed by atoms with van der Waals surface area (Å²) in [5.74, 6) is 1.21. The topological polar surface area (TPSA) is 42.3 Å². The van der Waals surface area contributed by atoms with Gasteiger partial charge in [-0.2, -0.15) is 0 Å². The van der Waals surface area contributed by atoms with E-state index in [1.54, 1.807) is 0 Å². The third kappa shape index (κ3) is 2.68. The fourth-order valence-electron chi connectivity index (χ4n) is 3.09. The van der Waals surface area contributed by atoms with Crippen molar-refractivity contribution in [3.63, 3.8) is 0 Å². The van der Waals surface area contributed by atoms with Gasteiger partial charge < -0.3 is 19.5 Å². The molecular weight excluding hydrogens is 240 g/mol. The van der Waals surface area contributed by atoms with Gasteiger partial charge in [-0.05, 0) is 7.05 Å². The number of hydrogen-bond acceptors (Lipinski definition) is 4. The van der Waals surface area contributed by atoms with Crippen LogP contribution in [-0.2, 0) is 30.7 Å². The zero-order valence-electron chi connectivity index (χ0n) is 12.0. The molecule has 1 atom stereocenters. The molecule has 106 valence electrons. The molecule has 0 aromatic carbocycles. The number of rotatable bonds is 3. The van der Waals surface area contributed by atoms with Gasteiger partial charge in [-0.3, -0.25) is 0 Å². The van der Waals surface area contributed by atoms with Gasteiger partial charge in [0.1, 0.15) is 5.82 Å². The lowest BCUT2D eigenvalue weighted by Crippen LogP contribution is -2.42. The molecule has 1 aromatic rings. The molecule has 0 radical (unpaired) electrons. The van der Waals surface area contributed by atoms with Crippen molar-refractivity contribution in [2.75, 3.05) is 33.3 Å². The normalized spacial score (nSPS) is 24.4. The van der Waals surface area contributed by atoms with Gasteiger partial charge >= 0.3 is 0 Å². The number of hydrogen-bond donors (Lipinski definition) is 1. The van der Waals surface area contributed by atoms with Crippen LogP contribution in [0.25, 0.3) is 0 Å². The van der Waals surface area contributed by atoms with E-state index < -0.39 is 0 Å². The van der Waals surface area contributed by atoms with E-state index in [1.165, 1.54) is 17.2 Å². The number of fused-ring (bicyclic) bond motifs is 1. The van der Waals surface area contributed by atoms with Gasteiger partial charge in [0.05, 0.1) is 24.9 Å². The Morgan fingerprint density at radius 1 is 1.47 bits per heavy atom. The van der Waals surface area contributed by atoms with Gasteiger partial charge in [-0.25, -0.2) is 4.98 Å². The molecule has 0 amide bonds. The zero-order chi connectivity index (χ0) is 13.2. The van der Waals surface area contributed by atoms with Gasteiger partial charge in [0, 0.05) is 44.7 Å². The molecular formula is C14H24N4O. The highest BCUT2D eigenvalue weighted by Gasteiger charge is 2.23. The summed E-state index contributed by atoms with van der Waals surface area (Å²) in [4.78, 5) is 7.14. The molecule has 0 spiro atoms. The maximum Gasteiger partial charge on any atom is 0.109 e. The Hall–Kier alpha value is -0.910. The average Bonchev–Trinajstić information content (AvgIpc) is 2.77. The van der Waals surface area contributed by atoms with Crippen LogP contribution >= 0.6 is 0 Å². The number of likely N-dealkylation sites (N-methyl/N-ethyl adjacent to an activating group) is 1. The van der Waals surface area contributed by atoms with Crippen molar-refractivity contribution in [1.29, 1.82) is 0 Å². The lowest BCUT2D eigenvalue weighted by Gasteiger charge is -2.31. The van der Waals surface area contributed by atoms with Crippen molar-refractivity contribution in [2.24, 2.45) is 0 Å². The number of nitrogens with zero attached hydrogens (tertiary/aromatic N) is 3. The predicted molar refractivity (Wildman–Crippen MR) is 74.3 cm³/mol. The second kappa shape index (κ2) is 5.61. The molecule has 1 aromatic heterocycles. The number of morpholine rings is 1. The average molecular weight is 264 g/mol. The summed E-state index contributed by atoms with van der Waals surface area (Å²) in [7, 11) is 2.17.